The summed E-state index contributed by atoms with van der Waals surface area (Å²) in [6.45, 7) is 3.96. The highest BCUT2D eigenvalue weighted by Crippen LogP contribution is 2.07. The van der Waals surface area contributed by atoms with Crippen molar-refractivity contribution < 1.29 is 4.68 Å². The van der Waals surface area contributed by atoms with Crippen LogP contribution in [0.15, 0.2) is 49.6 Å². The summed E-state index contributed by atoms with van der Waals surface area (Å²) in [5, 5.41) is 4.04. The lowest BCUT2D eigenvalue weighted by Crippen LogP contribution is -2.41. The molecule has 4 nitrogen and oxygen atoms in total. The van der Waals surface area contributed by atoms with Gasteiger partial charge in [0.15, 0.2) is 0 Å². The molecule has 4 heteroatoms. The molecule has 0 fully saturated rings. The van der Waals surface area contributed by atoms with E-state index in [0.29, 0.717) is 0 Å². The number of rotatable bonds is 3. The van der Waals surface area contributed by atoms with E-state index in [1.54, 1.807) is 15.7 Å². The Morgan fingerprint density at radius 3 is 2.73 bits per heavy atom. The maximum absolute atomic E-state index is 4.04. The minimum Gasteiger partial charge on any atom is -0.245 e. The van der Waals surface area contributed by atoms with E-state index in [9.17, 15) is 0 Å². The monoisotopic (exact) mass is 201 g/mol. The van der Waals surface area contributed by atoms with Gasteiger partial charge >= 0.3 is 0 Å². The normalized spacial score (nSPS) is 9.93. The zero-order valence-electron chi connectivity index (χ0n) is 8.59. The molecular weight excluding hydrogens is 188 g/mol. The number of aromatic nitrogens is 3. The second kappa shape index (κ2) is 3.96. The van der Waals surface area contributed by atoms with Gasteiger partial charge in [0, 0.05) is 10.7 Å². The van der Waals surface area contributed by atoms with Crippen LogP contribution in [-0.4, -0.2) is 9.78 Å². The van der Waals surface area contributed by atoms with Gasteiger partial charge in [-0.05, 0) is 0 Å². The number of benzene rings is 1. The molecule has 0 atom stereocenters. The Balaban J connectivity index is 2.11. The predicted octanol–water partition coefficient (Wildman–Crippen LogP) is 0.922. The van der Waals surface area contributed by atoms with Crippen molar-refractivity contribution in [3.05, 3.63) is 55.1 Å². The summed E-state index contributed by atoms with van der Waals surface area (Å²) in [5.74, 6) is 0. The van der Waals surface area contributed by atoms with Crippen LogP contribution in [0.2, 0.25) is 0 Å². The van der Waals surface area contributed by atoms with Crippen LogP contribution in [0.5, 0.6) is 0 Å². The van der Waals surface area contributed by atoms with Crippen molar-refractivity contribution in [2.24, 2.45) is 7.05 Å². The Labute approximate surface area is 88.5 Å². The third kappa shape index (κ3) is 2.22. The summed E-state index contributed by atoms with van der Waals surface area (Å²) >= 11 is 0. The van der Waals surface area contributed by atoms with Crippen molar-refractivity contribution in [2.45, 2.75) is 0 Å². The Morgan fingerprint density at radius 2 is 2.13 bits per heavy atom. The number of nitrogens with zero attached hydrogens (tertiary/aromatic N) is 3. The first-order valence-electron chi connectivity index (χ1n) is 4.67. The van der Waals surface area contributed by atoms with Gasteiger partial charge in [0.1, 0.15) is 0 Å². The fraction of sp³-hybridized carbons (Fsp3) is 0.0909. The topological polar surface area (TPSA) is 33.7 Å². The van der Waals surface area contributed by atoms with Crippen molar-refractivity contribution in [3.63, 3.8) is 0 Å². The highest BCUT2D eigenvalue weighted by atomic mass is 15.5. The SMILES string of the molecule is C=C(N[n+]1cnn(C)c1)c1ccccc1. The summed E-state index contributed by atoms with van der Waals surface area (Å²) in [5.41, 5.74) is 5.02. The molecule has 0 saturated heterocycles. The minimum absolute atomic E-state index is 0.841. The second-order valence-corrected chi connectivity index (χ2v) is 3.28. The molecule has 0 aliphatic carbocycles. The van der Waals surface area contributed by atoms with Gasteiger partial charge in [0.25, 0.3) is 6.33 Å². The van der Waals surface area contributed by atoms with Crippen molar-refractivity contribution in [2.75, 3.05) is 5.43 Å². The lowest BCUT2D eigenvalue weighted by molar-refractivity contribution is -0.642. The first-order valence-corrected chi connectivity index (χ1v) is 4.67. The molecule has 76 valence electrons. The van der Waals surface area contributed by atoms with Crippen LogP contribution in [-0.2, 0) is 7.05 Å². The molecule has 2 rings (SSSR count). The Bertz CT molecular complexity index is 458. The molecule has 0 aliphatic heterocycles. The van der Waals surface area contributed by atoms with Crippen molar-refractivity contribution >= 4 is 5.70 Å². The molecule has 1 heterocycles. The molecule has 0 spiro atoms. The van der Waals surface area contributed by atoms with Gasteiger partial charge in [-0.15, -0.1) is 9.36 Å². The van der Waals surface area contributed by atoms with Gasteiger partial charge in [0.05, 0.1) is 12.7 Å². The molecule has 0 radical (unpaired) electrons. The number of aryl methyl sites for hydroxylation is 1. The smallest absolute Gasteiger partial charge is 0.245 e. The van der Waals surface area contributed by atoms with E-state index >= 15 is 0 Å². The first-order chi connectivity index (χ1) is 7.25. The molecule has 15 heavy (non-hydrogen) atoms. The Hall–Kier alpha value is -2.10. The van der Waals surface area contributed by atoms with Crippen LogP contribution in [0, 0.1) is 0 Å². The number of hydrogen-bond donors (Lipinski definition) is 1. The van der Waals surface area contributed by atoms with Crippen LogP contribution in [0.1, 0.15) is 5.56 Å². The van der Waals surface area contributed by atoms with E-state index in [4.69, 9.17) is 0 Å². The molecule has 0 unspecified atom stereocenters. The fourth-order valence-corrected chi connectivity index (χ4v) is 1.29. The molecule has 0 amide bonds. The average molecular weight is 201 g/mol. The Morgan fingerprint density at radius 1 is 1.40 bits per heavy atom. The van der Waals surface area contributed by atoms with E-state index in [0.717, 1.165) is 11.3 Å². The minimum atomic E-state index is 0.841. The molecule has 0 aliphatic rings. The lowest BCUT2D eigenvalue weighted by atomic mass is 10.2. The van der Waals surface area contributed by atoms with Crippen LogP contribution in [0.3, 0.4) is 0 Å². The zero-order valence-corrected chi connectivity index (χ0v) is 8.59. The molecular formula is C11H13N4+. The standard InChI is InChI=1S/C11H13N4/c1-10(11-6-4-3-5-7-11)13-15-8-12-14(2)9-15/h3-9,13H,1H2,2H3/q+1. The van der Waals surface area contributed by atoms with E-state index in [-0.39, 0.29) is 0 Å². The third-order valence-electron chi connectivity index (χ3n) is 2.04. The van der Waals surface area contributed by atoms with Crippen molar-refractivity contribution in [1.29, 1.82) is 0 Å². The summed E-state index contributed by atoms with van der Waals surface area (Å²) < 4.78 is 3.47. The summed E-state index contributed by atoms with van der Waals surface area (Å²) in [7, 11) is 1.86. The highest BCUT2D eigenvalue weighted by molar-refractivity contribution is 5.65. The van der Waals surface area contributed by atoms with Gasteiger partial charge in [-0.2, -0.15) is 0 Å². The number of nitrogens with one attached hydrogen (secondary N) is 1. The van der Waals surface area contributed by atoms with Crippen LogP contribution in [0.4, 0.5) is 0 Å². The van der Waals surface area contributed by atoms with E-state index in [1.807, 2.05) is 43.7 Å². The van der Waals surface area contributed by atoms with Gasteiger partial charge in [0.2, 0.25) is 6.33 Å². The average Bonchev–Trinajstić information content (AvgIpc) is 2.65. The van der Waals surface area contributed by atoms with Gasteiger partial charge in [-0.3, -0.25) is 0 Å². The van der Waals surface area contributed by atoms with Crippen LogP contribution in [0.25, 0.3) is 5.70 Å². The summed E-state index contributed by atoms with van der Waals surface area (Å²) in [4.78, 5) is 0. The van der Waals surface area contributed by atoms with E-state index in [1.165, 1.54) is 0 Å². The fourth-order valence-electron chi connectivity index (χ4n) is 1.29. The molecule has 2 aromatic rings. The quantitative estimate of drug-likeness (QED) is 0.749. The van der Waals surface area contributed by atoms with Gasteiger partial charge in [-0.25, -0.2) is 5.43 Å². The van der Waals surface area contributed by atoms with E-state index in [2.05, 4.69) is 17.1 Å². The first kappa shape index (κ1) is 9.45. The van der Waals surface area contributed by atoms with Crippen LogP contribution >= 0.6 is 0 Å². The summed E-state index contributed by atoms with van der Waals surface area (Å²) in [6.07, 6.45) is 3.52. The molecule has 0 saturated carbocycles. The highest BCUT2D eigenvalue weighted by Gasteiger charge is 2.03. The predicted molar refractivity (Wildman–Crippen MR) is 58.2 cm³/mol. The van der Waals surface area contributed by atoms with Crippen LogP contribution < -0.4 is 10.1 Å². The van der Waals surface area contributed by atoms with Crippen molar-refractivity contribution in [1.82, 2.24) is 9.78 Å². The van der Waals surface area contributed by atoms with Gasteiger partial charge in [-0.1, -0.05) is 36.9 Å². The Kier molecular flexibility index (Phi) is 2.49. The zero-order chi connectivity index (χ0) is 10.7. The largest absolute Gasteiger partial charge is 0.287 e. The van der Waals surface area contributed by atoms with Crippen molar-refractivity contribution in [3.8, 4) is 0 Å². The maximum Gasteiger partial charge on any atom is 0.287 e. The third-order valence-corrected chi connectivity index (χ3v) is 2.04. The maximum atomic E-state index is 4.04. The second-order valence-electron chi connectivity index (χ2n) is 3.28. The molecule has 1 N–H and O–H groups in total. The van der Waals surface area contributed by atoms with Gasteiger partial charge < -0.3 is 0 Å². The summed E-state index contributed by atoms with van der Waals surface area (Å²) in [6, 6.07) is 9.96. The molecule has 1 aromatic heterocycles. The number of hydrogen-bond acceptors (Lipinski definition) is 2. The lowest BCUT2D eigenvalue weighted by Gasteiger charge is -2.05. The van der Waals surface area contributed by atoms with E-state index < -0.39 is 0 Å². The molecule has 1 aromatic carbocycles. The molecule has 0 bridgehead atoms.